The van der Waals surface area contributed by atoms with Crippen LogP contribution in [0.5, 0.6) is 0 Å². The zero-order valence-corrected chi connectivity index (χ0v) is 35.7. The third-order valence-corrected chi connectivity index (χ3v) is 12.1. The van der Waals surface area contributed by atoms with E-state index in [1.54, 1.807) is 13.8 Å². The first-order valence-electron chi connectivity index (χ1n) is 21.8. The van der Waals surface area contributed by atoms with Crippen molar-refractivity contribution in [1.82, 2.24) is 30.6 Å². The van der Waals surface area contributed by atoms with Gasteiger partial charge in [-0.25, -0.2) is 9.97 Å². The number of anilines is 4. The SMILES string of the molecule is C[C@@H](NC=O)Nc1cc(C(N)=O)nc(N2CCc3c(cccc3C3=CCCCC3)C2)n1.C[C@@H](NC=O)Nc1cc(C(N)=O)nc(N2CCc3c(cccc3C3CCCCC3)C2)n1. The molecule has 2 aliphatic carbocycles. The van der Waals surface area contributed by atoms with Crippen LogP contribution in [0.1, 0.15) is 132 Å². The van der Waals surface area contributed by atoms with Crippen LogP contribution in [0.4, 0.5) is 23.5 Å². The van der Waals surface area contributed by atoms with E-state index in [0.717, 1.165) is 38.8 Å². The van der Waals surface area contributed by atoms with Crippen molar-refractivity contribution in [2.45, 2.75) is 116 Å². The molecule has 2 aliphatic heterocycles. The van der Waals surface area contributed by atoms with Gasteiger partial charge in [-0.05, 0) is 110 Å². The topological polar surface area (TPSA) is 226 Å². The molecular weight excluding hydrogens is 785 g/mol. The minimum absolute atomic E-state index is 0.137. The summed E-state index contributed by atoms with van der Waals surface area (Å²) in [6, 6.07) is 16.2. The first-order valence-corrected chi connectivity index (χ1v) is 21.8. The zero-order chi connectivity index (χ0) is 43.6. The third kappa shape index (κ3) is 10.6. The molecule has 1 saturated carbocycles. The van der Waals surface area contributed by atoms with Gasteiger partial charge >= 0.3 is 0 Å². The van der Waals surface area contributed by atoms with Crippen LogP contribution in [-0.4, -0.2) is 70.0 Å². The number of nitrogens with one attached hydrogen (secondary N) is 4. The van der Waals surface area contributed by atoms with E-state index in [9.17, 15) is 19.2 Å². The standard InChI is InChI=1S/C23H30N6O2.C23H28N6O2/c2*1-15(25-14-30)26-21-12-20(22(24)31)27-23(28-21)29-11-10-19-17(13-29)8-5-9-18(19)16-6-3-2-4-7-16/h5,8-9,12,14-16H,2-4,6-7,10-11,13H2,1H3,(H2,24,31)(H,25,30)(H,26,27,28);5-6,8-9,12,14-15H,2-4,7,10-11,13H2,1H3,(H2,24,31)(H,25,30)(H,26,27,28)/t2*15-/m00/s1. The number of amides is 4. The van der Waals surface area contributed by atoms with E-state index in [1.165, 1.54) is 96.0 Å². The Balaban J connectivity index is 0.000000186. The second kappa shape index (κ2) is 20.3. The summed E-state index contributed by atoms with van der Waals surface area (Å²) in [4.78, 5) is 67.1. The smallest absolute Gasteiger partial charge is 0.267 e. The molecule has 1 fully saturated rings. The van der Waals surface area contributed by atoms with E-state index in [4.69, 9.17) is 11.5 Å². The molecule has 2 aromatic heterocycles. The minimum atomic E-state index is -0.619. The molecule has 4 amide bonds. The van der Waals surface area contributed by atoms with Crippen LogP contribution < -0.4 is 42.5 Å². The molecule has 4 heterocycles. The largest absolute Gasteiger partial charge is 0.364 e. The summed E-state index contributed by atoms with van der Waals surface area (Å²) in [7, 11) is 0. The van der Waals surface area contributed by atoms with Crippen LogP contribution in [0.2, 0.25) is 0 Å². The highest BCUT2D eigenvalue weighted by Gasteiger charge is 2.27. The molecule has 4 aliphatic rings. The highest BCUT2D eigenvalue weighted by atomic mass is 16.2. The van der Waals surface area contributed by atoms with Gasteiger partial charge in [0.1, 0.15) is 23.0 Å². The molecule has 16 heteroatoms. The number of carbonyl (C=O) groups excluding carboxylic acids is 4. The van der Waals surface area contributed by atoms with Gasteiger partial charge < -0.3 is 42.5 Å². The first kappa shape index (κ1) is 43.5. The molecule has 0 radical (unpaired) electrons. The number of nitrogens with two attached hydrogens (primary N) is 2. The normalized spacial score (nSPS) is 17.1. The van der Waals surface area contributed by atoms with Crippen LogP contribution in [0.15, 0.2) is 54.6 Å². The molecule has 62 heavy (non-hydrogen) atoms. The average Bonchev–Trinajstić information content (AvgIpc) is 3.29. The number of benzene rings is 2. The number of hydrogen-bond acceptors (Lipinski definition) is 12. The molecule has 2 aromatic carbocycles. The van der Waals surface area contributed by atoms with Crippen molar-refractivity contribution in [2.24, 2.45) is 11.5 Å². The molecule has 4 aromatic rings. The van der Waals surface area contributed by atoms with Gasteiger partial charge in [0.05, 0.1) is 12.3 Å². The van der Waals surface area contributed by atoms with Gasteiger partial charge in [-0.15, -0.1) is 0 Å². The molecular formula is C46H58N12O4. The summed E-state index contributed by atoms with van der Waals surface area (Å²) in [5.74, 6) is 1.24. The summed E-state index contributed by atoms with van der Waals surface area (Å²) in [5.41, 5.74) is 21.1. The predicted molar refractivity (Wildman–Crippen MR) is 240 cm³/mol. The van der Waals surface area contributed by atoms with E-state index in [2.05, 4.69) is 93.5 Å². The number of primary amides is 2. The van der Waals surface area contributed by atoms with Gasteiger partial charge in [-0.2, -0.15) is 9.97 Å². The van der Waals surface area contributed by atoms with Crippen molar-refractivity contribution >= 4 is 53.7 Å². The monoisotopic (exact) mass is 842 g/mol. The van der Waals surface area contributed by atoms with Crippen LogP contribution >= 0.6 is 0 Å². The fourth-order valence-electron chi connectivity index (χ4n) is 9.05. The molecule has 8 N–H and O–H groups in total. The number of allylic oxidation sites excluding steroid dienone is 2. The van der Waals surface area contributed by atoms with Gasteiger partial charge in [0.25, 0.3) is 11.8 Å². The Morgan fingerprint density at radius 1 is 0.694 bits per heavy atom. The van der Waals surface area contributed by atoms with Gasteiger partial charge in [-0.3, -0.25) is 19.2 Å². The Morgan fingerprint density at radius 2 is 1.24 bits per heavy atom. The van der Waals surface area contributed by atoms with Gasteiger partial charge in [0.15, 0.2) is 0 Å². The molecule has 326 valence electrons. The Morgan fingerprint density at radius 3 is 1.77 bits per heavy atom. The molecule has 8 rings (SSSR count). The van der Waals surface area contributed by atoms with Crippen LogP contribution in [0.3, 0.4) is 0 Å². The summed E-state index contributed by atoms with van der Waals surface area (Å²) in [6.07, 6.45) is 16.1. The first-order chi connectivity index (χ1) is 30.1. The predicted octanol–water partition coefficient (Wildman–Crippen LogP) is 5.29. The number of hydrogen-bond donors (Lipinski definition) is 6. The quantitative estimate of drug-likeness (QED) is 0.0704. The van der Waals surface area contributed by atoms with Crippen molar-refractivity contribution in [3.8, 4) is 0 Å². The molecule has 0 unspecified atom stereocenters. The number of fused-ring (bicyclic) bond motifs is 2. The number of rotatable bonds is 14. The van der Waals surface area contributed by atoms with Crippen LogP contribution in [-0.2, 0) is 35.5 Å². The summed E-state index contributed by atoms with van der Waals surface area (Å²) < 4.78 is 0. The van der Waals surface area contributed by atoms with E-state index >= 15 is 0 Å². The van der Waals surface area contributed by atoms with Crippen molar-refractivity contribution in [3.63, 3.8) is 0 Å². The minimum Gasteiger partial charge on any atom is -0.364 e. The molecule has 16 nitrogen and oxygen atoms in total. The second-order valence-electron chi connectivity index (χ2n) is 16.5. The van der Waals surface area contributed by atoms with Crippen molar-refractivity contribution < 1.29 is 19.2 Å². The number of carbonyl (C=O) groups is 4. The Bertz CT molecular complexity index is 2290. The Hall–Kier alpha value is -6.58. The highest BCUT2D eigenvalue weighted by molar-refractivity contribution is 5.92. The zero-order valence-electron chi connectivity index (χ0n) is 35.7. The van der Waals surface area contributed by atoms with Crippen LogP contribution in [0.25, 0.3) is 5.57 Å². The summed E-state index contributed by atoms with van der Waals surface area (Å²) >= 11 is 0. The van der Waals surface area contributed by atoms with Crippen molar-refractivity contribution in [3.05, 3.63) is 99.4 Å². The number of aromatic nitrogens is 4. The third-order valence-electron chi connectivity index (χ3n) is 12.1. The molecule has 0 bridgehead atoms. The Labute approximate surface area is 362 Å². The fraction of sp³-hybridized carbons (Fsp3) is 0.435. The van der Waals surface area contributed by atoms with E-state index in [-0.39, 0.29) is 23.7 Å². The van der Waals surface area contributed by atoms with Crippen LogP contribution in [0, 0.1) is 0 Å². The maximum Gasteiger partial charge on any atom is 0.267 e. The van der Waals surface area contributed by atoms with Gasteiger partial charge in [0, 0.05) is 38.3 Å². The lowest BCUT2D eigenvalue weighted by Gasteiger charge is -2.33. The lowest BCUT2D eigenvalue weighted by atomic mass is 9.79. The summed E-state index contributed by atoms with van der Waals surface area (Å²) in [6.45, 7) is 6.45. The second-order valence-corrected chi connectivity index (χ2v) is 16.5. The molecule has 0 spiro atoms. The average molecular weight is 843 g/mol. The lowest BCUT2D eigenvalue weighted by molar-refractivity contribution is -0.110. The molecule has 0 saturated heterocycles. The maximum atomic E-state index is 11.8. The van der Waals surface area contributed by atoms with Crippen molar-refractivity contribution in [1.29, 1.82) is 0 Å². The van der Waals surface area contributed by atoms with E-state index in [0.29, 0.717) is 55.4 Å². The van der Waals surface area contributed by atoms with Gasteiger partial charge in [-0.1, -0.05) is 61.7 Å². The Kier molecular flexibility index (Phi) is 14.3. The van der Waals surface area contributed by atoms with E-state index < -0.39 is 11.8 Å². The molecule has 2 atom stereocenters. The highest BCUT2D eigenvalue weighted by Crippen LogP contribution is 2.38. The number of nitrogens with zero attached hydrogens (tertiary/aromatic N) is 6. The summed E-state index contributed by atoms with van der Waals surface area (Å²) in [5, 5.41) is 11.3. The van der Waals surface area contributed by atoms with Crippen molar-refractivity contribution in [2.75, 3.05) is 33.5 Å². The lowest BCUT2D eigenvalue weighted by Crippen LogP contribution is -2.35. The van der Waals surface area contributed by atoms with Gasteiger partial charge in [0.2, 0.25) is 24.7 Å². The van der Waals surface area contributed by atoms with E-state index in [1.807, 2.05) is 0 Å². The fourth-order valence-corrected chi connectivity index (χ4v) is 9.05. The maximum absolute atomic E-state index is 11.8.